The van der Waals surface area contributed by atoms with Gasteiger partial charge in [-0.25, -0.2) is 13.4 Å². The number of aryl methyl sites for hydroxylation is 1. The minimum Gasteiger partial charge on any atom is -0.481 e. The number of rotatable bonds is 7. The highest BCUT2D eigenvalue weighted by Crippen LogP contribution is 2.27. The van der Waals surface area contributed by atoms with Gasteiger partial charge in [-0.1, -0.05) is 11.8 Å². The van der Waals surface area contributed by atoms with Crippen LogP contribution in [0.2, 0.25) is 0 Å². The molecule has 0 bridgehead atoms. The van der Waals surface area contributed by atoms with Gasteiger partial charge >= 0.3 is 5.97 Å². The molecule has 1 aromatic rings. The Morgan fingerprint density at radius 1 is 1.47 bits per heavy atom. The number of carboxylic acids is 1. The standard InChI is InChI=1S/C11H17NO4S3/c1-7(2)19(15,16)5-4-17-11-12-8(3)9(18-11)6-10(13)14/h7H,4-6H2,1-3H3,(H,13,14). The normalized spacial score (nSPS) is 12.0. The zero-order valence-electron chi connectivity index (χ0n) is 11.0. The lowest BCUT2D eigenvalue weighted by molar-refractivity contribution is -0.136. The summed E-state index contributed by atoms with van der Waals surface area (Å²) in [7, 11) is -3.03. The molecule has 0 fully saturated rings. The van der Waals surface area contributed by atoms with Gasteiger partial charge in [0, 0.05) is 10.6 Å². The first-order chi connectivity index (χ1) is 8.72. The van der Waals surface area contributed by atoms with Crippen LogP contribution in [0.1, 0.15) is 24.4 Å². The van der Waals surface area contributed by atoms with E-state index in [9.17, 15) is 13.2 Å². The number of carboxylic acid groups (broad SMARTS) is 1. The van der Waals surface area contributed by atoms with Crippen LogP contribution in [0.4, 0.5) is 0 Å². The van der Waals surface area contributed by atoms with E-state index in [2.05, 4.69) is 4.98 Å². The summed E-state index contributed by atoms with van der Waals surface area (Å²) in [5.74, 6) is -0.326. The monoisotopic (exact) mass is 323 g/mol. The predicted molar refractivity (Wildman–Crippen MR) is 77.8 cm³/mol. The van der Waals surface area contributed by atoms with Crippen LogP contribution in [0.25, 0.3) is 0 Å². The van der Waals surface area contributed by atoms with Crippen LogP contribution in [-0.4, -0.2) is 41.2 Å². The van der Waals surface area contributed by atoms with Crippen LogP contribution in [0.15, 0.2) is 4.34 Å². The van der Waals surface area contributed by atoms with Crippen LogP contribution in [0.5, 0.6) is 0 Å². The van der Waals surface area contributed by atoms with E-state index < -0.39 is 15.8 Å². The predicted octanol–water partition coefficient (Wildman–Crippen LogP) is 1.99. The lowest BCUT2D eigenvalue weighted by Gasteiger charge is -2.05. The molecule has 0 unspecified atom stereocenters. The fourth-order valence-electron chi connectivity index (χ4n) is 1.25. The number of hydrogen-bond donors (Lipinski definition) is 1. The number of nitrogens with zero attached hydrogens (tertiary/aromatic N) is 1. The summed E-state index contributed by atoms with van der Waals surface area (Å²) in [5.41, 5.74) is 0.710. The minimum absolute atomic E-state index is 0.0334. The highest BCUT2D eigenvalue weighted by Gasteiger charge is 2.17. The van der Waals surface area contributed by atoms with Crippen LogP contribution < -0.4 is 0 Å². The van der Waals surface area contributed by atoms with Crippen molar-refractivity contribution in [2.75, 3.05) is 11.5 Å². The van der Waals surface area contributed by atoms with Gasteiger partial charge in [-0.2, -0.15) is 0 Å². The average Bonchev–Trinajstić information content (AvgIpc) is 2.58. The molecule has 0 aliphatic heterocycles. The maximum absolute atomic E-state index is 11.6. The molecule has 0 atom stereocenters. The van der Waals surface area contributed by atoms with Gasteiger partial charge in [0.1, 0.15) is 4.34 Å². The number of aromatic nitrogens is 1. The van der Waals surface area contributed by atoms with Gasteiger partial charge in [0.05, 0.1) is 23.1 Å². The van der Waals surface area contributed by atoms with E-state index in [-0.39, 0.29) is 17.4 Å². The van der Waals surface area contributed by atoms with Crippen LogP contribution in [-0.2, 0) is 21.1 Å². The first-order valence-corrected chi connectivity index (χ1v) is 9.26. The molecule has 0 aliphatic carbocycles. The van der Waals surface area contributed by atoms with Gasteiger partial charge in [0.2, 0.25) is 0 Å². The second-order valence-electron chi connectivity index (χ2n) is 4.32. The lowest BCUT2D eigenvalue weighted by atomic mass is 10.3. The number of thioether (sulfide) groups is 1. The first-order valence-electron chi connectivity index (χ1n) is 5.75. The molecule has 0 radical (unpaired) electrons. The van der Waals surface area contributed by atoms with E-state index in [0.29, 0.717) is 11.4 Å². The molecule has 1 N–H and O–H groups in total. The van der Waals surface area contributed by atoms with E-state index in [1.54, 1.807) is 20.8 Å². The molecule has 0 saturated carbocycles. The number of thiazole rings is 1. The minimum atomic E-state index is -3.03. The van der Waals surface area contributed by atoms with E-state index in [0.717, 1.165) is 9.22 Å². The molecule has 0 amide bonds. The zero-order valence-corrected chi connectivity index (χ0v) is 13.5. The Hall–Kier alpha value is -0.600. The van der Waals surface area contributed by atoms with Gasteiger partial charge in [0.25, 0.3) is 0 Å². The molecule has 0 saturated heterocycles. The third kappa shape index (κ3) is 5.12. The molecule has 1 aromatic heterocycles. The van der Waals surface area contributed by atoms with Crippen molar-refractivity contribution >= 4 is 38.9 Å². The molecule has 108 valence electrons. The summed E-state index contributed by atoms with van der Waals surface area (Å²) >= 11 is 2.69. The van der Waals surface area contributed by atoms with Gasteiger partial charge in [-0.05, 0) is 20.8 Å². The average molecular weight is 323 g/mol. The van der Waals surface area contributed by atoms with Crippen molar-refractivity contribution in [3.8, 4) is 0 Å². The topological polar surface area (TPSA) is 84.3 Å². The molecule has 0 aliphatic rings. The third-order valence-corrected chi connectivity index (χ3v) is 7.27. The lowest BCUT2D eigenvalue weighted by Crippen LogP contribution is -2.18. The second-order valence-corrected chi connectivity index (χ2v) is 9.43. The Balaban J connectivity index is 2.58. The molecule has 1 heterocycles. The fourth-order valence-corrected chi connectivity index (χ4v) is 4.93. The van der Waals surface area contributed by atoms with Gasteiger partial charge in [-0.15, -0.1) is 11.3 Å². The first kappa shape index (κ1) is 16.5. The number of aliphatic carboxylic acids is 1. The molecule has 5 nitrogen and oxygen atoms in total. The maximum Gasteiger partial charge on any atom is 0.308 e. The van der Waals surface area contributed by atoms with Crippen LogP contribution >= 0.6 is 23.1 Å². The number of sulfone groups is 1. The smallest absolute Gasteiger partial charge is 0.308 e. The third-order valence-electron chi connectivity index (χ3n) is 2.50. The van der Waals surface area contributed by atoms with Gasteiger partial charge in [0.15, 0.2) is 9.84 Å². The summed E-state index contributed by atoms with van der Waals surface area (Å²) in [4.78, 5) is 15.6. The summed E-state index contributed by atoms with van der Waals surface area (Å²) in [6.07, 6.45) is -0.0334. The Morgan fingerprint density at radius 2 is 2.11 bits per heavy atom. The van der Waals surface area contributed by atoms with E-state index in [1.807, 2.05) is 0 Å². The van der Waals surface area contributed by atoms with Crippen LogP contribution in [0, 0.1) is 6.92 Å². The Morgan fingerprint density at radius 3 is 2.63 bits per heavy atom. The molecule has 19 heavy (non-hydrogen) atoms. The summed E-state index contributed by atoms with van der Waals surface area (Å²) in [6.45, 7) is 5.10. The summed E-state index contributed by atoms with van der Waals surface area (Å²) < 4.78 is 24.0. The highest BCUT2D eigenvalue weighted by atomic mass is 32.2. The van der Waals surface area contributed by atoms with Crippen molar-refractivity contribution in [1.29, 1.82) is 0 Å². The van der Waals surface area contributed by atoms with Gasteiger partial charge < -0.3 is 5.11 Å². The van der Waals surface area contributed by atoms with E-state index >= 15 is 0 Å². The zero-order chi connectivity index (χ0) is 14.6. The van der Waals surface area contributed by atoms with E-state index in [1.165, 1.54) is 23.1 Å². The van der Waals surface area contributed by atoms with E-state index in [4.69, 9.17) is 5.11 Å². The molecule has 8 heteroatoms. The largest absolute Gasteiger partial charge is 0.481 e. The van der Waals surface area contributed by atoms with Crippen molar-refractivity contribution in [3.63, 3.8) is 0 Å². The highest BCUT2D eigenvalue weighted by molar-refractivity contribution is 8.02. The van der Waals surface area contributed by atoms with Crippen molar-refractivity contribution in [3.05, 3.63) is 10.6 Å². The Kier molecular flexibility index (Phi) is 5.82. The molecule has 0 aromatic carbocycles. The van der Waals surface area contributed by atoms with Gasteiger partial charge in [-0.3, -0.25) is 4.79 Å². The molecular formula is C11H17NO4S3. The number of hydrogen-bond acceptors (Lipinski definition) is 6. The van der Waals surface area contributed by atoms with Crippen LogP contribution in [0.3, 0.4) is 0 Å². The summed E-state index contributed by atoms with van der Waals surface area (Å²) in [6, 6.07) is 0. The second kappa shape index (κ2) is 6.71. The van der Waals surface area contributed by atoms with Crippen molar-refractivity contribution in [1.82, 2.24) is 4.98 Å². The Bertz CT molecular complexity index is 548. The van der Waals surface area contributed by atoms with Crippen molar-refractivity contribution < 1.29 is 18.3 Å². The van der Waals surface area contributed by atoms with Crippen molar-refractivity contribution in [2.24, 2.45) is 0 Å². The Labute approximate surface area is 121 Å². The fraction of sp³-hybridized carbons (Fsp3) is 0.636. The quantitative estimate of drug-likeness (QED) is 0.773. The molecular weight excluding hydrogens is 306 g/mol. The maximum atomic E-state index is 11.6. The molecule has 0 spiro atoms. The number of carbonyl (C=O) groups is 1. The summed E-state index contributed by atoms with van der Waals surface area (Å²) in [5, 5.41) is 8.37. The SMILES string of the molecule is Cc1nc(SCCS(=O)(=O)C(C)C)sc1CC(=O)O. The van der Waals surface area contributed by atoms with Crippen molar-refractivity contribution in [2.45, 2.75) is 36.8 Å². The molecule has 1 rings (SSSR count).